The van der Waals surface area contributed by atoms with Crippen molar-refractivity contribution in [3.05, 3.63) is 266 Å². The van der Waals surface area contributed by atoms with E-state index in [-0.39, 0.29) is 5.41 Å². The van der Waals surface area contributed by atoms with Gasteiger partial charge in [0, 0.05) is 34.1 Å². The third kappa shape index (κ3) is 9.02. The molecule has 0 spiro atoms. The first-order valence-electron chi connectivity index (χ1n) is 24.9. The standard InChI is InChI=1S/C69H58N2/c1-48(2)49-34-38-59(39-35-49)71(60-40-36-56(37-41-60)69(3,4)5)62-43-45-64-66(47-62)68(55-32-28-53(29-33-55)51-20-12-7-13-21-51)63-44-42-61(70(57-22-14-8-15-23-57)58-24-16-9-17-25-58)46-65(63)67(64)54-30-26-52(27-31-54)50-18-10-6-11-19-50/h6-48H,1-5H3. The van der Waals surface area contributed by atoms with E-state index in [9.17, 15) is 0 Å². The fraction of sp³-hybridized carbons (Fsp3) is 0.101. The summed E-state index contributed by atoms with van der Waals surface area (Å²) in [6, 6.07) is 93.7. The van der Waals surface area contributed by atoms with Gasteiger partial charge in [-0.1, -0.05) is 217 Å². The molecule has 0 N–H and O–H groups in total. The van der Waals surface area contributed by atoms with Crippen molar-refractivity contribution in [1.82, 2.24) is 0 Å². The van der Waals surface area contributed by atoms with Gasteiger partial charge in [-0.3, -0.25) is 0 Å². The molecule has 71 heavy (non-hydrogen) atoms. The fourth-order valence-electron chi connectivity index (χ4n) is 10.2. The average Bonchev–Trinajstić information content (AvgIpc) is 3.41. The molecule has 11 aromatic carbocycles. The van der Waals surface area contributed by atoms with Crippen LogP contribution in [0.2, 0.25) is 0 Å². The molecule has 11 rings (SSSR count). The summed E-state index contributed by atoms with van der Waals surface area (Å²) in [6.07, 6.45) is 0. The SMILES string of the molecule is CC(C)c1ccc(N(c2ccc(C(C)(C)C)cc2)c2ccc3c(-c4ccc(-c5ccccc5)cc4)c4cc(N(c5ccccc5)c5ccccc5)ccc4c(-c4ccc(-c5ccccc5)cc4)c3c2)cc1. The maximum Gasteiger partial charge on any atom is 0.0468 e. The Bertz CT molecular complexity index is 3540. The molecular weight excluding hydrogens is 857 g/mol. The topological polar surface area (TPSA) is 6.48 Å². The zero-order valence-corrected chi connectivity index (χ0v) is 41.2. The van der Waals surface area contributed by atoms with Crippen molar-refractivity contribution in [3.8, 4) is 44.5 Å². The Labute approximate surface area is 419 Å². The van der Waals surface area contributed by atoms with Crippen LogP contribution in [0.25, 0.3) is 66.1 Å². The van der Waals surface area contributed by atoms with Crippen LogP contribution in [0.5, 0.6) is 0 Å². The minimum absolute atomic E-state index is 0.0338. The molecule has 0 bridgehead atoms. The molecule has 11 aromatic rings. The smallest absolute Gasteiger partial charge is 0.0468 e. The Morgan fingerprint density at radius 3 is 0.958 bits per heavy atom. The van der Waals surface area contributed by atoms with Crippen molar-refractivity contribution < 1.29 is 0 Å². The Kier molecular flexibility index (Phi) is 12.1. The lowest BCUT2D eigenvalue weighted by Crippen LogP contribution is -2.13. The molecule has 0 aliphatic rings. The van der Waals surface area contributed by atoms with Crippen molar-refractivity contribution in [1.29, 1.82) is 0 Å². The monoisotopic (exact) mass is 914 g/mol. The van der Waals surface area contributed by atoms with Crippen LogP contribution in [0.15, 0.2) is 255 Å². The Hall–Kier alpha value is -8.46. The second-order valence-electron chi connectivity index (χ2n) is 20.0. The van der Waals surface area contributed by atoms with Gasteiger partial charge < -0.3 is 9.80 Å². The Morgan fingerprint density at radius 2 is 0.592 bits per heavy atom. The van der Waals surface area contributed by atoms with Gasteiger partial charge in [-0.15, -0.1) is 0 Å². The van der Waals surface area contributed by atoms with E-state index in [2.05, 4.69) is 299 Å². The van der Waals surface area contributed by atoms with Crippen molar-refractivity contribution in [2.75, 3.05) is 9.80 Å². The molecule has 0 saturated carbocycles. The predicted octanol–water partition coefficient (Wildman–Crippen LogP) is 20.0. The molecular formula is C69H58N2. The lowest BCUT2D eigenvalue weighted by molar-refractivity contribution is 0.590. The van der Waals surface area contributed by atoms with Crippen molar-refractivity contribution in [2.45, 2.75) is 46.0 Å². The summed E-state index contributed by atoms with van der Waals surface area (Å²) in [5.41, 5.74) is 18.8. The van der Waals surface area contributed by atoms with Gasteiger partial charge in [-0.2, -0.15) is 0 Å². The number of nitrogens with zero attached hydrogens (tertiary/aromatic N) is 2. The molecule has 2 nitrogen and oxygen atoms in total. The van der Waals surface area contributed by atoms with Crippen molar-refractivity contribution in [2.24, 2.45) is 0 Å². The second kappa shape index (κ2) is 19.1. The number of hydrogen-bond acceptors (Lipinski definition) is 2. The maximum atomic E-state index is 2.44. The first-order chi connectivity index (χ1) is 34.7. The van der Waals surface area contributed by atoms with Gasteiger partial charge in [0.25, 0.3) is 0 Å². The molecule has 0 radical (unpaired) electrons. The van der Waals surface area contributed by atoms with Crippen LogP contribution in [-0.4, -0.2) is 0 Å². The molecule has 0 atom stereocenters. The van der Waals surface area contributed by atoms with Gasteiger partial charge >= 0.3 is 0 Å². The van der Waals surface area contributed by atoms with E-state index in [1.165, 1.54) is 77.2 Å². The highest BCUT2D eigenvalue weighted by Gasteiger charge is 2.23. The van der Waals surface area contributed by atoms with E-state index in [0.717, 1.165) is 34.1 Å². The van der Waals surface area contributed by atoms with Crippen LogP contribution in [0.3, 0.4) is 0 Å². The van der Waals surface area contributed by atoms with Gasteiger partial charge in [-0.25, -0.2) is 0 Å². The highest BCUT2D eigenvalue weighted by molar-refractivity contribution is 6.22. The van der Waals surface area contributed by atoms with Crippen LogP contribution < -0.4 is 9.80 Å². The fourth-order valence-corrected chi connectivity index (χ4v) is 10.2. The van der Waals surface area contributed by atoms with Gasteiger partial charge in [0.2, 0.25) is 0 Å². The quantitative estimate of drug-likeness (QED) is 0.119. The third-order valence-electron chi connectivity index (χ3n) is 14.0. The minimum atomic E-state index is 0.0338. The van der Waals surface area contributed by atoms with E-state index < -0.39 is 0 Å². The van der Waals surface area contributed by atoms with Crippen molar-refractivity contribution in [3.63, 3.8) is 0 Å². The zero-order valence-electron chi connectivity index (χ0n) is 41.2. The number of fused-ring (bicyclic) bond motifs is 2. The van der Waals surface area contributed by atoms with Crippen LogP contribution in [0.1, 0.15) is 51.7 Å². The van der Waals surface area contributed by atoms with E-state index in [1.807, 2.05) is 0 Å². The van der Waals surface area contributed by atoms with Crippen LogP contribution in [0.4, 0.5) is 34.1 Å². The maximum absolute atomic E-state index is 2.44. The van der Waals surface area contributed by atoms with Gasteiger partial charge in [0.05, 0.1) is 0 Å². The Morgan fingerprint density at radius 1 is 0.282 bits per heavy atom. The first-order valence-corrected chi connectivity index (χ1v) is 24.9. The summed E-state index contributed by atoms with van der Waals surface area (Å²) in [5, 5.41) is 4.76. The van der Waals surface area contributed by atoms with Crippen molar-refractivity contribution >= 4 is 55.7 Å². The molecule has 2 heteroatoms. The summed E-state index contributed by atoms with van der Waals surface area (Å²) >= 11 is 0. The van der Waals surface area contributed by atoms with Gasteiger partial charge in [-0.05, 0) is 161 Å². The minimum Gasteiger partial charge on any atom is -0.310 e. The number of hydrogen-bond donors (Lipinski definition) is 0. The number of benzene rings is 11. The third-order valence-corrected chi connectivity index (χ3v) is 14.0. The molecule has 0 aromatic heterocycles. The lowest BCUT2D eigenvalue weighted by atomic mass is 9.84. The molecule has 0 unspecified atom stereocenters. The second-order valence-corrected chi connectivity index (χ2v) is 20.0. The Balaban J connectivity index is 1.21. The summed E-state index contributed by atoms with van der Waals surface area (Å²) in [4.78, 5) is 4.80. The summed E-state index contributed by atoms with van der Waals surface area (Å²) < 4.78 is 0. The van der Waals surface area contributed by atoms with Crippen LogP contribution in [0, 0.1) is 0 Å². The number of anilines is 6. The normalized spacial score (nSPS) is 11.6. The number of para-hydroxylation sites is 2. The number of rotatable bonds is 11. The summed E-state index contributed by atoms with van der Waals surface area (Å²) in [7, 11) is 0. The zero-order chi connectivity index (χ0) is 48.5. The predicted molar refractivity (Wildman–Crippen MR) is 305 cm³/mol. The first kappa shape index (κ1) is 45.0. The van der Waals surface area contributed by atoms with Crippen LogP contribution >= 0.6 is 0 Å². The molecule has 0 heterocycles. The van der Waals surface area contributed by atoms with E-state index in [0.29, 0.717) is 5.92 Å². The molecule has 344 valence electrons. The van der Waals surface area contributed by atoms with Gasteiger partial charge in [0.1, 0.15) is 0 Å². The van der Waals surface area contributed by atoms with E-state index in [1.54, 1.807) is 0 Å². The summed E-state index contributed by atoms with van der Waals surface area (Å²) in [5.74, 6) is 0.432. The molecule has 0 saturated heterocycles. The largest absolute Gasteiger partial charge is 0.310 e. The van der Waals surface area contributed by atoms with Crippen LogP contribution in [-0.2, 0) is 5.41 Å². The molecule has 0 aliphatic carbocycles. The highest BCUT2D eigenvalue weighted by atomic mass is 15.1. The molecule has 0 amide bonds. The highest BCUT2D eigenvalue weighted by Crippen LogP contribution is 2.49. The van der Waals surface area contributed by atoms with Gasteiger partial charge in [0.15, 0.2) is 0 Å². The average molecular weight is 915 g/mol. The summed E-state index contributed by atoms with van der Waals surface area (Å²) in [6.45, 7) is 11.4. The molecule has 0 fully saturated rings. The van der Waals surface area contributed by atoms with E-state index in [4.69, 9.17) is 0 Å². The van der Waals surface area contributed by atoms with E-state index >= 15 is 0 Å². The molecule has 0 aliphatic heterocycles. The lowest BCUT2D eigenvalue weighted by Gasteiger charge is -2.29.